The fourth-order valence-corrected chi connectivity index (χ4v) is 6.56. The van der Waals surface area contributed by atoms with E-state index in [9.17, 15) is 22.8 Å². The number of nitrogens with zero attached hydrogens (tertiary/aromatic N) is 4. The quantitative estimate of drug-likeness (QED) is 0.358. The molecule has 0 unspecified atom stereocenters. The van der Waals surface area contributed by atoms with E-state index in [0.29, 0.717) is 39.3 Å². The van der Waals surface area contributed by atoms with Crippen LogP contribution in [0.2, 0.25) is 0 Å². The average Bonchev–Trinajstić information content (AvgIpc) is 3.71. The number of hydrogen-bond donors (Lipinski definition) is 0. The van der Waals surface area contributed by atoms with E-state index in [-0.39, 0.29) is 30.6 Å². The molecular formula is C28H29F3N4O3S2. The highest BCUT2D eigenvalue weighted by molar-refractivity contribution is 7.12. The van der Waals surface area contributed by atoms with E-state index in [1.807, 2.05) is 35.9 Å². The largest absolute Gasteiger partial charge is 0.416 e. The number of morpholine rings is 1. The minimum Gasteiger partial charge on any atom is -0.379 e. The number of carbonyl (C=O) groups excluding carboxylic acids is 2. The lowest BCUT2D eigenvalue weighted by atomic mass is 10.1. The lowest BCUT2D eigenvalue weighted by molar-refractivity contribution is -0.137. The maximum Gasteiger partial charge on any atom is 0.416 e. The third-order valence-electron chi connectivity index (χ3n) is 7.04. The van der Waals surface area contributed by atoms with Gasteiger partial charge in [0.1, 0.15) is 6.54 Å². The van der Waals surface area contributed by atoms with Crippen LogP contribution in [0.15, 0.2) is 58.3 Å². The normalized spacial score (nSPS) is 18.1. The van der Waals surface area contributed by atoms with E-state index < -0.39 is 17.6 Å². The molecule has 0 saturated carbocycles. The molecule has 2 aromatic heterocycles. The van der Waals surface area contributed by atoms with Crippen LogP contribution in [-0.2, 0) is 15.7 Å². The van der Waals surface area contributed by atoms with Crippen molar-refractivity contribution >= 4 is 40.2 Å². The van der Waals surface area contributed by atoms with Crippen LogP contribution in [0.1, 0.15) is 43.7 Å². The van der Waals surface area contributed by atoms with Gasteiger partial charge in [0.15, 0.2) is 0 Å². The van der Waals surface area contributed by atoms with Crippen LogP contribution in [0.3, 0.4) is 0 Å². The van der Waals surface area contributed by atoms with Crippen molar-refractivity contribution in [2.24, 2.45) is 5.10 Å². The minimum atomic E-state index is -4.50. The standard InChI is InChI=1S/C28H29F3N4O3S2/c1-19-8-16-40-26(19)23-17-22(24-3-2-15-39-24)32-35(23)25(36)18-34(10-9-33-11-13-38-14-12-33)27(37)20-4-6-21(7-5-20)28(29,30)31/h2-8,15-16,23H,9-14,17-18H2,1H3/t23-/m1/s1. The summed E-state index contributed by atoms with van der Waals surface area (Å²) in [5.41, 5.74) is 1.15. The van der Waals surface area contributed by atoms with Gasteiger partial charge in [0, 0.05) is 43.0 Å². The van der Waals surface area contributed by atoms with Crippen LogP contribution in [-0.4, -0.2) is 78.3 Å². The SMILES string of the molecule is Cc1ccsc1[C@H]1CC(c2cccs2)=NN1C(=O)CN(CCN1CCOCC1)C(=O)c1ccc(C(F)(F)F)cc1. The first-order valence-electron chi connectivity index (χ1n) is 12.9. The summed E-state index contributed by atoms with van der Waals surface area (Å²) in [6.45, 7) is 5.09. The van der Waals surface area contributed by atoms with Crippen molar-refractivity contribution in [3.63, 3.8) is 0 Å². The smallest absolute Gasteiger partial charge is 0.379 e. The van der Waals surface area contributed by atoms with Crippen molar-refractivity contribution in [1.29, 1.82) is 0 Å². The first kappa shape index (κ1) is 28.5. The highest BCUT2D eigenvalue weighted by atomic mass is 32.1. The number of carbonyl (C=O) groups is 2. The van der Waals surface area contributed by atoms with Crippen molar-refractivity contribution in [2.45, 2.75) is 25.6 Å². The van der Waals surface area contributed by atoms with Gasteiger partial charge in [0.2, 0.25) is 0 Å². The van der Waals surface area contributed by atoms with Crippen LogP contribution >= 0.6 is 22.7 Å². The van der Waals surface area contributed by atoms with Gasteiger partial charge >= 0.3 is 6.18 Å². The first-order valence-corrected chi connectivity index (χ1v) is 14.7. The average molecular weight is 591 g/mol. The molecule has 1 saturated heterocycles. The molecule has 12 heteroatoms. The first-order chi connectivity index (χ1) is 19.2. The Morgan fingerprint density at radius 1 is 1.07 bits per heavy atom. The Bertz CT molecular complexity index is 1350. The lowest BCUT2D eigenvalue weighted by Crippen LogP contribution is -2.46. The second-order valence-electron chi connectivity index (χ2n) is 9.71. The molecule has 4 heterocycles. The molecule has 5 rings (SSSR count). The van der Waals surface area contributed by atoms with Gasteiger partial charge in [-0.05, 0) is 59.6 Å². The minimum absolute atomic E-state index is 0.0950. The Kier molecular flexibility index (Phi) is 8.69. The Balaban J connectivity index is 1.39. The summed E-state index contributed by atoms with van der Waals surface area (Å²) in [5, 5.41) is 10.1. The maximum absolute atomic E-state index is 13.8. The summed E-state index contributed by atoms with van der Waals surface area (Å²) >= 11 is 3.12. The number of hydrazone groups is 1. The number of aryl methyl sites for hydroxylation is 1. The molecule has 1 fully saturated rings. The fraction of sp³-hybridized carbons (Fsp3) is 0.393. The molecule has 0 aliphatic carbocycles. The molecule has 1 atom stereocenters. The van der Waals surface area contributed by atoms with Crippen LogP contribution < -0.4 is 0 Å². The highest BCUT2D eigenvalue weighted by Gasteiger charge is 2.36. The zero-order valence-electron chi connectivity index (χ0n) is 21.9. The number of alkyl halides is 3. The van der Waals surface area contributed by atoms with E-state index >= 15 is 0 Å². The second kappa shape index (κ2) is 12.2. The van der Waals surface area contributed by atoms with Gasteiger partial charge in [-0.25, -0.2) is 5.01 Å². The van der Waals surface area contributed by atoms with Gasteiger partial charge in [0.05, 0.1) is 35.4 Å². The molecule has 0 spiro atoms. The summed E-state index contributed by atoms with van der Waals surface area (Å²) in [6.07, 6.45) is -3.94. The van der Waals surface area contributed by atoms with Crippen molar-refractivity contribution in [1.82, 2.24) is 14.8 Å². The van der Waals surface area contributed by atoms with E-state index in [1.165, 1.54) is 9.91 Å². The number of ether oxygens (including phenoxy) is 1. The van der Waals surface area contributed by atoms with Gasteiger partial charge in [-0.3, -0.25) is 14.5 Å². The van der Waals surface area contributed by atoms with Crippen LogP contribution in [0, 0.1) is 6.92 Å². The van der Waals surface area contributed by atoms with E-state index in [1.54, 1.807) is 22.7 Å². The van der Waals surface area contributed by atoms with E-state index in [0.717, 1.165) is 45.3 Å². The number of amides is 2. The molecule has 0 bridgehead atoms. The van der Waals surface area contributed by atoms with Crippen LogP contribution in [0.5, 0.6) is 0 Å². The van der Waals surface area contributed by atoms with Crippen molar-refractivity contribution < 1.29 is 27.5 Å². The van der Waals surface area contributed by atoms with Crippen LogP contribution in [0.4, 0.5) is 13.2 Å². The van der Waals surface area contributed by atoms with Gasteiger partial charge in [-0.15, -0.1) is 22.7 Å². The maximum atomic E-state index is 13.8. The number of benzene rings is 1. The summed E-state index contributed by atoms with van der Waals surface area (Å²) in [5.74, 6) is -0.840. The fourth-order valence-electron chi connectivity index (χ4n) is 4.82. The molecule has 2 aliphatic rings. The third-order valence-corrected chi connectivity index (χ3v) is 9.08. The van der Waals surface area contributed by atoms with E-state index in [4.69, 9.17) is 9.84 Å². The molecule has 1 aromatic carbocycles. The molecule has 7 nitrogen and oxygen atoms in total. The van der Waals surface area contributed by atoms with Gasteiger partial charge in [-0.1, -0.05) is 6.07 Å². The van der Waals surface area contributed by atoms with Crippen molar-refractivity contribution in [3.05, 3.63) is 79.7 Å². The predicted molar refractivity (Wildman–Crippen MR) is 149 cm³/mol. The summed E-state index contributed by atoms with van der Waals surface area (Å²) in [7, 11) is 0. The Morgan fingerprint density at radius 2 is 1.82 bits per heavy atom. The monoisotopic (exact) mass is 590 g/mol. The van der Waals surface area contributed by atoms with E-state index in [2.05, 4.69) is 4.90 Å². The predicted octanol–water partition coefficient (Wildman–Crippen LogP) is 5.29. The third kappa shape index (κ3) is 6.46. The Morgan fingerprint density at radius 3 is 2.45 bits per heavy atom. The highest BCUT2D eigenvalue weighted by Crippen LogP contribution is 2.38. The molecule has 2 aliphatic heterocycles. The zero-order chi connectivity index (χ0) is 28.3. The van der Waals surface area contributed by atoms with Crippen molar-refractivity contribution in [2.75, 3.05) is 45.9 Å². The van der Waals surface area contributed by atoms with Crippen LogP contribution in [0.25, 0.3) is 0 Å². The molecule has 0 N–H and O–H groups in total. The van der Waals surface area contributed by atoms with Crippen molar-refractivity contribution in [3.8, 4) is 0 Å². The number of thiophene rings is 2. The topological polar surface area (TPSA) is 65.5 Å². The number of hydrogen-bond acceptors (Lipinski definition) is 7. The number of rotatable bonds is 8. The Hall–Kier alpha value is -3.06. The van der Waals surface area contributed by atoms with Gasteiger partial charge < -0.3 is 9.64 Å². The van der Waals surface area contributed by atoms with Gasteiger partial charge in [0.25, 0.3) is 11.8 Å². The second-order valence-corrected chi connectivity index (χ2v) is 11.6. The molecule has 0 radical (unpaired) electrons. The molecule has 3 aromatic rings. The number of halogens is 3. The summed E-state index contributed by atoms with van der Waals surface area (Å²) < 4.78 is 44.7. The molecule has 40 heavy (non-hydrogen) atoms. The molecular weight excluding hydrogens is 561 g/mol. The molecule has 212 valence electrons. The summed E-state index contributed by atoms with van der Waals surface area (Å²) in [6, 6.07) is 9.75. The molecule has 2 amide bonds. The zero-order valence-corrected chi connectivity index (χ0v) is 23.5. The lowest BCUT2D eigenvalue weighted by Gasteiger charge is -2.31. The Labute approximate surface area is 238 Å². The summed E-state index contributed by atoms with van der Waals surface area (Å²) in [4.78, 5) is 32.9. The van der Waals surface area contributed by atoms with Gasteiger partial charge in [-0.2, -0.15) is 18.3 Å².